The van der Waals surface area contributed by atoms with E-state index in [2.05, 4.69) is 0 Å². The second-order valence-corrected chi connectivity index (χ2v) is 3.82. The van der Waals surface area contributed by atoms with Crippen molar-refractivity contribution in [1.82, 2.24) is 0 Å². The molecule has 0 fully saturated rings. The Hall–Kier alpha value is 0.210. The van der Waals surface area contributed by atoms with Crippen molar-refractivity contribution in [3.63, 3.8) is 0 Å². The molecule has 0 saturated carbocycles. The maximum atomic E-state index is 10.9. The SMILES string of the molecule is NCCCCCCC(=O)C(Cl)Cl. The summed E-state index contributed by atoms with van der Waals surface area (Å²) in [6.07, 6.45) is 4.50. The van der Waals surface area contributed by atoms with Crippen LogP contribution in [0.3, 0.4) is 0 Å². The molecular formula is C8H15Cl2NO. The van der Waals surface area contributed by atoms with Crippen LogP contribution in [0, 0.1) is 0 Å². The molecule has 4 heteroatoms. The summed E-state index contributed by atoms with van der Waals surface area (Å²) in [6, 6.07) is 0. The quantitative estimate of drug-likeness (QED) is 0.519. The molecule has 12 heavy (non-hydrogen) atoms. The van der Waals surface area contributed by atoms with Crippen molar-refractivity contribution in [1.29, 1.82) is 0 Å². The summed E-state index contributed by atoms with van der Waals surface area (Å²) in [5.41, 5.74) is 5.31. The van der Waals surface area contributed by atoms with Crippen molar-refractivity contribution in [3.05, 3.63) is 0 Å². The first-order valence-corrected chi connectivity index (χ1v) is 5.06. The number of rotatable bonds is 7. The van der Waals surface area contributed by atoms with E-state index < -0.39 is 4.84 Å². The number of carbonyl (C=O) groups excluding carboxylic acids is 1. The Balaban J connectivity index is 3.14. The van der Waals surface area contributed by atoms with Gasteiger partial charge in [-0.3, -0.25) is 4.79 Å². The Morgan fingerprint density at radius 3 is 2.25 bits per heavy atom. The number of Topliss-reactive ketones (excluding diaryl/α,β-unsaturated/α-hetero) is 1. The Morgan fingerprint density at radius 1 is 1.17 bits per heavy atom. The number of halogens is 2. The number of ketones is 1. The monoisotopic (exact) mass is 211 g/mol. The molecule has 0 amide bonds. The fourth-order valence-electron chi connectivity index (χ4n) is 0.906. The summed E-state index contributed by atoms with van der Waals surface area (Å²) in [4.78, 5) is 10.0. The van der Waals surface area contributed by atoms with Crippen LogP contribution in [0.5, 0.6) is 0 Å². The number of hydrogen-bond donors (Lipinski definition) is 1. The average molecular weight is 212 g/mol. The second-order valence-electron chi connectivity index (χ2n) is 2.72. The van der Waals surface area contributed by atoms with Crippen molar-refractivity contribution >= 4 is 29.0 Å². The normalized spacial score (nSPS) is 10.7. The minimum atomic E-state index is -0.848. The van der Waals surface area contributed by atoms with Crippen LogP contribution < -0.4 is 5.73 Å². The Morgan fingerprint density at radius 2 is 1.75 bits per heavy atom. The lowest BCUT2D eigenvalue weighted by molar-refractivity contribution is -0.117. The standard InChI is InChI=1S/C8H15Cl2NO/c9-8(10)7(12)5-3-1-2-4-6-11/h8H,1-6,11H2. The van der Waals surface area contributed by atoms with E-state index in [-0.39, 0.29) is 5.78 Å². The van der Waals surface area contributed by atoms with Gasteiger partial charge >= 0.3 is 0 Å². The molecule has 0 aliphatic heterocycles. The van der Waals surface area contributed by atoms with Crippen molar-refractivity contribution < 1.29 is 4.79 Å². The van der Waals surface area contributed by atoms with E-state index in [1.54, 1.807) is 0 Å². The maximum Gasteiger partial charge on any atom is 0.165 e. The van der Waals surface area contributed by atoms with E-state index >= 15 is 0 Å². The molecule has 0 saturated heterocycles. The Bertz CT molecular complexity index is 128. The highest BCUT2D eigenvalue weighted by atomic mass is 35.5. The van der Waals surface area contributed by atoms with Crippen LogP contribution in [-0.4, -0.2) is 17.2 Å². The molecule has 0 unspecified atom stereocenters. The third-order valence-corrected chi connectivity index (χ3v) is 2.11. The van der Waals surface area contributed by atoms with E-state index in [0.29, 0.717) is 6.42 Å². The van der Waals surface area contributed by atoms with Gasteiger partial charge in [0, 0.05) is 6.42 Å². The highest BCUT2D eigenvalue weighted by Crippen LogP contribution is 2.10. The molecule has 0 heterocycles. The molecule has 0 atom stereocenters. The largest absolute Gasteiger partial charge is 0.330 e. The average Bonchev–Trinajstić information content (AvgIpc) is 2.03. The molecule has 0 rings (SSSR count). The first kappa shape index (κ1) is 12.2. The van der Waals surface area contributed by atoms with Gasteiger partial charge in [-0.15, -0.1) is 0 Å². The van der Waals surface area contributed by atoms with Crippen LogP contribution in [-0.2, 0) is 4.79 Å². The lowest BCUT2D eigenvalue weighted by Gasteiger charge is -2.00. The molecule has 2 nitrogen and oxygen atoms in total. The van der Waals surface area contributed by atoms with Crippen molar-refractivity contribution in [2.75, 3.05) is 6.54 Å². The summed E-state index contributed by atoms with van der Waals surface area (Å²) < 4.78 is 0. The number of alkyl halides is 2. The molecule has 0 aromatic heterocycles. The molecule has 0 aliphatic carbocycles. The fraction of sp³-hybridized carbons (Fsp3) is 0.875. The first-order chi connectivity index (χ1) is 5.68. The van der Waals surface area contributed by atoms with Gasteiger partial charge in [0.05, 0.1) is 0 Å². The number of unbranched alkanes of at least 4 members (excludes halogenated alkanes) is 3. The van der Waals surface area contributed by atoms with Crippen LogP contribution in [0.25, 0.3) is 0 Å². The first-order valence-electron chi connectivity index (χ1n) is 4.19. The van der Waals surface area contributed by atoms with Gasteiger partial charge in [-0.2, -0.15) is 0 Å². The molecule has 72 valence electrons. The van der Waals surface area contributed by atoms with Crippen LogP contribution in [0.1, 0.15) is 32.1 Å². The molecular weight excluding hydrogens is 197 g/mol. The van der Waals surface area contributed by atoms with E-state index in [9.17, 15) is 4.79 Å². The third kappa shape index (κ3) is 6.89. The van der Waals surface area contributed by atoms with Gasteiger partial charge in [0.1, 0.15) is 0 Å². The van der Waals surface area contributed by atoms with Gasteiger partial charge in [-0.05, 0) is 19.4 Å². The van der Waals surface area contributed by atoms with Crippen LogP contribution in [0.15, 0.2) is 0 Å². The molecule has 0 bridgehead atoms. The van der Waals surface area contributed by atoms with E-state index in [1.807, 2.05) is 0 Å². The predicted molar refractivity (Wildman–Crippen MR) is 52.6 cm³/mol. The van der Waals surface area contributed by atoms with Crippen LogP contribution in [0.4, 0.5) is 0 Å². The van der Waals surface area contributed by atoms with Crippen LogP contribution >= 0.6 is 23.2 Å². The predicted octanol–water partition coefficient (Wildman–Crippen LogP) is 2.27. The zero-order chi connectivity index (χ0) is 9.40. The molecule has 0 spiro atoms. The van der Waals surface area contributed by atoms with Gasteiger partial charge in [-0.1, -0.05) is 36.0 Å². The summed E-state index contributed by atoms with van der Waals surface area (Å²) in [6.45, 7) is 0.724. The smallest absolute Gasteiger partial charge is 0.165 e. The molecule has 0 aromatic rings. The highest BCUT2D eigenvalue weighted by Gasteiger charge is 2.09. The van der Waals surface area contributed by atoms with Crippen LogP contribution in [0.2, 0.25) is 0 Å². The van der Waals surface area contributed by atoms with E-state index in [4.69, 9.17) is 28.9 Å². The minimum Gasteiger partial charge on any atom is -0.330 e. The van der Waals surface area contributed by atoms with Crippen molar-refractivity contribution in [2.45, 2.75) is 36.9 Å². The number of hydrogen-bond acceptors (Lipinski definition) is 2. The minimum absolute atomic E-state index is 0.0777. The van der Waals surface area contributed by atoms with Gasteiger partial charge in [0.25, 0.3) is 0 Å². The Kier molecular flexibility index (Phi) is 7.98. The van der Waals surface area contributed by atoms with Gasteiger partial charge in [-0.25, -0.2) is 0 Å². The second kappa shape index (κ2) is 7.84. The van der Waals surface area contributed by atoms with Crippen molar-refractivity contribution in [2.24, 2.45) is 5.73 Å². The third-order valence-electron chi connectivity index (χ3n) is 1.62. The number of carbonyl (C=O) groups is 1. The van der Waals surface area contributed by atoms with E-state index in [0.717, 1.165) is 32.2 Å². The zero-order valence-corrected chi connectivity index (χ0v) is 8.57. The lowest BCUT2D eigenvalue weighted by atomic mass is 10.1. The fourth-order valence-corrected chi connectivity index (χ4v) is 1.12. The maximum absolute atomic E-state index is 10.9. The molecule has 0 radical (unpaired) electrons. The summed E-state index contributed by atoms with van der Waals surface area (Å²) in [5, 5.41) is 0. The van der Waals surface area contributed by atoms with E-state index in [1.165, 1.54) is 0 Å². The molecule has 0 aromatic carbocycles. The summed E-state index contributed by atoms with van der Waals surface area (Å²) in [7, 11) is 0. The summed E-state index contributed by atoms with van der Waals surface area (Å²) in [5.74, 6) is -0.0777. The van der Waals surface area contributed by atoms with Gasteiger partial charge < -0.3 is 5.73 Å². The molecule has 2 N–H and O–H groups in total. The topological polar surface area (TPSA) is 43.1 Å². The van der Waals surface area contributed by atoms with Gasteiger partial charge in [0.2, 0.25) is 0 Å². The Labute approximate surface area is 83.4 Å². The van der Waals surface area contributed by atoms with Gasteiger partial charge in [0.15, 0.2) is 10.6 Å². The van der Waals surface area contributed by atoms with Crippen molar-refractivity contribution in [3.8, 4) is 0 Å². The molecule has 0 aliphatic rings. The zero-order valence-electron chi connectivity index (χ0n) is 7.06. The number of nitrogens with two attached hydrogens (primary N) is 1. The summed E-state index contributed by atoms with van der Waals surface area (Å²) >= 11 is 10.7. The highest BCUT2D eigenvalue weighted by molar-refractivity contribution is 6.53. The lowest BCUT2D eigenvalue weighted by Crippen LogP contribution is -2.06.